The lowest BCUT2D eigenvalue weighted by molar-refractivity contribution is -0.870. The average molecular weight is 881 g/mol. The van der Waals surface area contributed by atoms with E-state index in [0.29, 0.717) is 23.9 Å². The molecule has 9 nitrogen and oxygen atoms in total. The van der Waals surface area contributed by atoms with Crippen LogP contribution in [0.25, 0.3) is 0 Å². The second-order valence-corrected chi connectivity index (χ2v) is 19.3. The second kappa shape index (κ2) is 43.2. The van der Waals surface area contributed by atoms with Gasteiger partial charge in [0, 0.05) is 12.8 Å². The number of carbonyl (C=O) groups is 2. The summed E-state index contributed by atoms with van der Waals surface area (Å²) in [6, 6.07) is 0. The van der Waals surface area contributed by atoms with Crippen molar-refractivity contribution < 1.29 is 42.1 Å². The highest BCUT2D eigenvalue weighted by molar-refractivity contribution is 7.47. The first-order valence-corrected chi connectivity index (χ1v) is 26.4. The van der Waals surface area contributed by atoms with Gasteiger partial charge in [0.2, 0.25) is 0 Å². The van der Waals surface area contributed by atoms with Crippen LogP contribution in [0.15, 0.2) is 48.6 Å². The van der Waals surface area contributed by atoms with Crippen molar-refractivity contribution in [2.45, 2.75) is 219 Å². The van der Waals surface area contributed by atoms with Crippen molar-refractivity contribution >= 4 is 19.8 Å². The zero-order chi connectivity index (χ0) is 45.0. The number of quaternary nitrogens is 1. The summed E-state index contributed by atoms with van der Waals surface area (Å²) in [5, 5.41) is 0. The first-order valence-electron chi connectivity index (χ1n) is 24.9. The Labute approximate surface area is 375 Å². The maximum atomic E-state index is 12.7. The summed E-state index contributed by atoms with van der Waals surface area (Å²) < 4.78 is 34.4. The monoisotopic (exact) mass is 881 g/mol. The van der Waals surface area contributed by atoms with Crippen LogP contribution in [0.2, 0.25) is 0 Å². The summed E-state index contributed by atoms with van der Waals surface area (Å²) in [5.41, 5.74) is 0. The van der Waals surface area contributed by atoms with E-state index in [1.165, 1.54) is 116 Å². The quantitative estimate of drug-likeness (QED) is 0.0212. The van der Waals surface area contributed by atoms with Gasteiger partial charge in [0.1, 0.15) is 19.8 Å². The SMILES string of the molecule is CCC/C=C/C/C=C/C/C=C/C/C=C/CCCCCC(=O)OC[C@H](COP(=O)(O)OCC[N+](C)(C)C)OC(=O)CCCCCCCCCCCCCCCCCCCCCC. The molecule has 61 heavy (non-hydrogen) atoms. The number of hydrogen-bond donors (Lipinski definition) is 1. The molecule has 356 valence electrons. The van der Waals surface area contributed by atoms with E-state index >= 15 is 0 Å². The fourth-order valence-corrected chi connectivity index (χ4v) is 7.45. The molecule has 1 N–H and O–H groups in total. The number of rotatable bonds is 45. The largest absolute Gasteiger partial charge is 0.472 e. The molecule has 0 aromatic rings. The van der Waals surface area contributed by atoms with Crippen LogP contribution in [0, 0.1) is 0 Å². The summed E-state index contributed by atoms with van der Waals surface area (Å²) in [5.74, 6) is -0.829. The number of allylic oxidation sites excluding steroid dienone is 8. The first kappa shape index (κ1) is 59.0. The van der Waals surface area contributed by atoms with Gasteiger partial charge in [-0.1, -0.05) is 197 Å². The normalized spacial score (nSPS) is 13.9. The number of unbranched alkanes of at least 4 members (excludes halogenated alkanes) is 23. The molecule has 0 fully saturated rings. The fourth-order valence-electron chi connectivity index (χ4n) is 6.71. The topological polar surface area (TPSA) is 108 Å². The molecule has 10 heteroatoms. The lowest BCUT2D eigenvalue weighted by Gasteiger charge is -2.24. The molecule has 0 aromatic heterocycles. The number of ether oxygens (including phenoxy) is 2. The molecule has 0 bridgehead atoms. The van der Waals surface area contributed by atoms with Crippen LogP contribution in [-0.2, 0) is 32.7 Å². The Kier molecular flexibility index (Phi) is 41.8. The van der Waals surface area contributed by atoms with E-state index in [-0.39, 0.29) is 26.1 Å². The van der Waals surface area contributed by atoms with E-state index in [0.717, 1.165) is 57.8 Å². The van der Waals surface area contributed by atoms with Crippen LogP contribution in [-0.4, -0.2) is 74.9 Å². The van der Waals surface area contributed by atoms with Gasteiger partial charge in [-0.05, 0) is 51.4 Å². The maximum absolute atomic E-state index is 12.7. The minimum absolute atomic E-state index is 0.0263. The molecule has 0 saturated heterocycles. The van der Waals surface area contributed by atoms with Crippen molar-refractivity contribution in [2.24, 2.45) is 0 Å². The van der Waals surface area contributed by atoms with Gasteiger partial charge in [-0.2, -0.15) is 0 Å². The lowest BCUT2D eigenvalue weighted by Crippen LogP contribution is -2.37. The van der Waals surface area contributed by atoms with Gasteiger partial charge in [0.05, 0.1) is 27.7 Å². The Bertz CT molecular complexity index is 1180. The molecule has 0 aliphatic carbocycles. The minimum atomic E-state index is -4.39. The number of nitrogens with zero attached hydrogens (tertiary/aromatic N) is 1. The zero-order valence-corrected chi connectivity index (χ0v) is 41.0. The molecular weight excluding hydrogens is 786 g/mol. The third-order valence-electron chi connectivity index (χ3n) is 10.6. The summed E-state index contributed by atoms with van der Waals surface area (Å²) >= 11 is 0. The van der Waals surface area contributed by atoms with E-state index < -0.39 is 32.5 Å². The van der Waals surface area contributed by atoms with Crippen LogP contribution in [0.3, 0.4) is 0 Å². The molecule has 0 amide bonds. The third kappa shape index (κ3) is 47.3. The Morgan fingerprint density at radius 3 is 1.38 bits per heavy atom. The Hall–Kier alpha value is -2.03. The molecule has 0 heterocycles. The number of carbonyl (C=O) groups excluding carboxylic acids is 2. The smallest absolute Gasteiger partial charge is 0.462 e. The first-order chi connectivity index (χ1) is 29.5. The maximum Gasteiger partial charge on any atom is 0.472 e. The highest BCUT2D eigenvalue weighted by Gasteiger charge is 2.27. The molecule has 0 aliphatic heterocycles. The van der Waals surface area contributed by atoms with Gasteiger partial charge in [0.25, 0.3) is 0 Å². The Morgan fingerprint density at radius 1 is 0.508 bits per heavy atom. The summed E-state index contributed by atoms with van der Waals surface area (Å²) in [6.07, 6.45) is 51.6. The molecule has 0 spiro atoms. The lowest BCUT2D eigenvalue weighted by atomic mass is 10.0. The van der Waals surface area contributed by atoms with Crippen LogP contribution in [0.1, 0.15) is 213 Å². The van der Waals surface area contributed by atoms with Crippen molar-refractivity contribution in [3.8, 4) is 0 Å². The molecule has 0 saturated carbocycles. The van der Waals surface area contributed by atoms with Crippen molar-refractivity contribution in [3.05, 3.63) is 48.6 Å². The number of phosphoric ester groups is 1. The van der Waals surface area contributed by atoms with Crippen LogP contribution in [0.5, 0.6) is 0 Å². The molecule has 2 atom stereocenters. The van der Waals surface area contributed by atoms with Crippen molar-refractivity contribution in [1.82, 2.24) is 0 Å². The van der Waals surface area contributed by atoms with Crippen molar-refractivity contribution in [3.63, 3.8) is 0 Å². The number of hydrogen-bond acceptors (Lipinski definition) is 7. The van der Waals surface area contributed by atoms with Gasteiger partial charge in [-0.15, -0.1) is 0 Å². The highest BCUT2D eigenvalue weighted by atomic mass is 31.2. The number of esters is 2. The van der Waals surface area contributed by atoms with E-state index in [1.54, 1.807) is 0 Å². The van der Waals surface area contributed by atoms with Gasteiger partial charge >= 0.3 is 19.8 Å². The van der Waals surface area contributed by atoms with E-state index in [1.807, 2.05) is 21.1 Å². The predicted octanol–water partition coefficient (Wildman–Crippen LogP) is 14.6. The zero-order valence-electron chi connectivity index (χ0n) is 40.1. The molecule has 0 radical (unpaired) electrons. The summed E-state index contributed by atoms with van der Waals surface area (Å²) in [6.45, 7) is 4.34. The standard InChI is InChI=1S/C51H94NO8P/c1-6-8-10-12-14-16-18-20-22-24-25-26-28-30-32-34-36-38-40-42-44-51(54)60-49(48-59-61(55,56)58-46-45-52(3,4)5)47-57-50(53)43-41-39-37-35-33-31-29-27-23-21-19-17-15-13-11-9-7-2/h11,13,17,19,23,27,31,33,49H,6-10,12,14-16,18,20-22,24-26,28-30,32,34-48H2,1-5H3/p+1/b13-11+,19-17+,27-23+,33-31+/t49-/m1/s1. The van der Waals surface area contributed by atoms with Gasteiger partial charge in [-0.25, -0.2) is 4.57 Å². The summed E-state index contributed by atoms with van der Waals surface area (Å²) in [4.78, 5) is 35.5. The Morgan fingerprint density at radius 2 is 0.918 bits per heavy atom. The predicted molar refractivity (Wildman–Crippen MR) is 257 cm³/mol. The van der Waals surface area contributed by atoms with Gasteiger partial charge < -0.3 is 18.9 Å². The molecule has 0 aliphatic rings. The molecule has 1 unspecified atom stereocenters. The van der Waals surface area contributed by atoms with Crippen LogP contribution in [0.4, 0.5) is 0 Å². The fraction of sp³-hybridized carbons (Fsp3) is 0.804. The van der Waals surface area contributed by atoms with Crippen LogP contribution >= 0.6 is 7.82 Å². The minimum Gasteiger partial charge on any atom is -0.462 e. The average Bonchev–Trinajstić information content (AvgIpc) is 3.21. The Balaban J connectivity index is 4.30. The number of phosphoric acid groups is 1. The van der Waals surface area contributed by atoms with Crippen molar-refractivity contribution in [1.29, 1.82) is 0 Å². The molecule has 0 rings (SSSR count). The number of likely N-dealkylation sites (N-methyl/N-ethyl adjacent to an activating group) is 1. The van der Waals surface area contributed by atoms with E-state index in [2.05, 4.69) is 62.5 Å². The van der Waals surface area contributed by atoms with E-state index in [4.69, 9.17) is 18.5 Å². The van der Waals surface area contributed by atoms with Crippen molar-refractivity contribution in [2.75, 3.05) is 47.5 Å². The third-order valence-corrected chi connectivity index (χ3v) is 11.6. The van der Waals surface area contributed by atoms with Gasteiger partial charge in [-0.3, -0.25) is 18.6 Å². The van der Waals surface area contributed by atoms with E-state index in [9.17, 15) is 19.0 Å². The second-order valence-electron chi connectivity index (χ2n) is 17.9. The van der Waals surface area contributed by atoms with Crippen LogP contribution < -0.4 is 0 Å². The summed E-state index contributed by atoms with van der Waals surface area (Å²) in [7, 11) is 1.46. The van der Waals surface area contributed by atoms with Gasteiger partial charge in [0.15, 0.2) is 6.10 Å². The molecular formula is C51H95NO8P+. The molecule has 0 aromatic carbocycles. The highest BCUT2D eigenvalue weighted by Crippen LogP contribution is 2.43.